The van der Waals surface area contributed by atoms with Crippen LogP contribution in [0.25, 0.3) is 0 Å². The van der Waals surface area contributed by atoms with Crippen LogP contribution in [0.3, 0.4) is 0 Å². The summed E-state index contributed by atoms with van der Waals surface area (Å²) < 4.78 is 5.83. The lowest BCUT2D eigenvalue weighted by Gasteiger charge is -2.21. The van der Waals surface area contributed by atoms with E-state index in [1.54, 1.807) is 24.3 Å². The first-order chi connectivity index (χ1) is 11.6. The summed E-state index contributed by atoms with van der Waals surface area (Å²) in [5.74, 6) is -0.912. The monoisotopic (exact) mass is 333 g/mol. The summed E-state index contributed by atoms with van der Waals surface area (Å²) in [6.07, 6.45) is 8.51. The lowest BCUT2D eigenvalue weighted by Crippen LogP contribution is -2.26. The minimum absolute atomic E-state index is 0.0231. The third-order valence-corrected chi connectivity index (χ3v) is 4.39. The van der Waals surface area contributed by atoms with E-state index in [-0.39, 0.29) is 11.5 Å². The second-order valence-electron chi connectivity index (χ2n) is 6.34. The van der Waals surface area contributed by atoms with Gasteiger partial charge in [-0.25, -0.2) is 4.79 Å². The second-order valence-corrected chi connectivity index (χ2v) is 6.34. The van der Waals surface area contributed by atoms with Gasteiger partial charge in [-0.05, 0) is 43.4 Å². The minimum atomic E-state index is -0.935. The summed E-state index contributed by atoms with van der Waals surface area (Å²) in [7, 11) is 0. The molecule has 0 saturated heterocycles. The van der Waals surface area contributed by atoms with Crippen molar-refractivity contribution in [3.05, 3.63) is 35.4 Å². The number of carbonyl (C=O) groups excluding carboxylic acids is 1. The molecule has 1 saturated carbocycles. The molecule has 24 heavy (non-hydrogen) atoms. The fourth-order valence-corrected chi connectivity index (χ4v) is 2.94. The summed E-state index contributed by atoms with van der Waals surface area (Å²) in [5, 5.41) is 11.8. The number of carboxylic acid groups (broad SMARTS) is 1. The summed E-state index contributed by atoms with van der Waals surface area (Å²) in [4.78, 5) is 22.6. The molecule has 1 aliphatic carbocycles. The first kappa shape index (κ1) is 18.5. The van der Waals surface area contributed by atoms with Crippen molar-refractivity contribution >= 4 is 11.9 Å². The number of carbonyl (C=O) groups is 2. The molecule has 132 valence electrons. The molecule has 1 aromatic carbocycles. The Morgan fingerprint density at radius 1 is 1.12 bits per heavy atom. The molecule has 0 spiro atoms. The standard InChI is InChI=1S/C19H27NO4/c21-18(12-9-15-7-10-16(11-8-15)19(22)23)20-13-4-14-24-17-5-2-1-3-6-17/h7-8,10-11,17H,1-6,9,12-14H2,(H,20,21)(H,22,23). The molecule has 2 rings (SSSR count). The maximum Gasteiger partial charge on any atom is 0.335 e. The highest BCUT2D eigenvalue weighted by Crippen LogP contribution is 2.20. The predicted octanol–water partition coefficient (Wildman–Crippen LogP) is 3.17. The van der Waals surface area contributed by atoms with Crippen LogP contribution in [0.5, 0.6) is 0 Å². The van der Waals surface area contributed by atoms with Gasteiger partial charge < -0.3 is 15.2 Å². The van der Waals surface area contributed by atoms with Gasteiger partial charge in [-0.1, -0.05) is 31.4 Å². The van der Waals surface area contributed by atoms with E-state index in [9.17, 15) is 9.59 Å². The zero-order valence-electron chi connectivity index (χ0n) is 14.1. The van der Waals surface area contributed by atoms with E-state index < -0.39 is 5.97 Å². The highest BCUT2D eigenvalue weighted by Gasteiger charge is 2.13. The lowest BCUT2D eigenvalue weighted by molar-refractivity contribution is -0.121. The van der Waals surface area contributed by atoms with Gasteiger partial charge in [0.05, 0.1) is 11.7 Å². The maximum atomic E-state index is 11.8. The predicted molar refractivity (Wildman–Crippen MR) is 92.2 cm³/mol. The normalized spacial score (nSPS) is 15.2. The fraction of sp³-hybridized carbons (Fsp3) is 0.579. The van der Waals surface area contributed by atoms with Crippen LogP contribution >= 0.6 is 0 Å². The van der Waals surface area contributed by atoms with Crippen LogP contribution in [-0.4, -0.2) is 36.2 Å². The van der Waals surface area contributed by atoms with Crippen LogP contribution in [0.4, 0.5) is 0 Å². The van der Waals surface area contributed by atoms with Gasteiger partial charge in [-0.2, -0.15) is 0 Å². The molecular weight excluding hydrogens is 306 g/mol. The third kappa shape index (κ3) is 6.71. The van der Waals surface area contributed by atoms with E-state index in [2.05, 4.69) is 5.32 Å². The minimum Gasteiger partial charge on any atom is -0.478 e. The van der Waals surface area contributed by atoms with Crippen LogP contribution in [0, 0.1) is 0 Å². The number of nitrogens with one attached hydrogen (secondary N) is 1. The Kier molecular flexibility index (Phi) is 7.75. The van der Waals surface area contributed by atoms with Crippen molar-refractivity contribution < 1.29 is 19.4 Å². The molecule has 5 heteroatoms. The quantitative estimate of drug-likeness (QED) is 0.681. The first-order valence-electron chi connectivity index (χ1n) is 8.85. The number of aromatic carboxylic acids is 1. The highest BCUT2D eigenvalue weighted by molar-refractivity contribution is 5.87. The zero-order valence-corrected chi connectivity index (χ0v) is 14.1. The van der Waals surface area contributed by atoms with Gasteiger partial charge in [0.1, 0.15) is 0 Å². The largest absolute Gasteiger partial charge is 0.478 e. The number of hydrogen-bond donors (Lipinski definition) is 2. The van der Waals surface area contributed by atoms with E-state index in [1.807, 2.05) is 0 Å². The van der Waals surface area contributed by atoms with Gasteiger partial charge in [-0.15, -0.1) is 0 Å². The Labute approximate surface area is 143 Å². The molecule has 0 aromatic heterocycles. The van der Waals surface area contributed by atoms with Crippen LogP contribution < -0.4 is 5.32 Å². The molecule has 1 amide bonds. The number of benzene rings is 1. The summed E-state index contributed by atoms with van der Waals surface area (Å²) >= 11 is 0. The molecule has 0 bridgehead atoms. The van der Waals surface area contributed by atoms with Crippen molar-refractivity contribution in [3.8, 4) is 0 Å². The van der Waals surface area contributed by atoms with Crippen molar-refractivity contribution in [2.24, 2.45) is 0 Å². The average molecular weight is 333 g/mol. The zero-order chi connectivity index (χ0) is 17.2. The van der Waals surface area contributed by atoms with Crippen LogP contribution in [0.15, 0.2) is 24.3 Å². The molecule has 0 heterocycles. The molecule has 1 fully saturated rings. The van der Waals surface area contributed by atoms with Crippen molar-refractivity contribution in [1.82, 2.24) is 5.32 Å². The van der Waals surface area contributed by atoms with E-state index >= 15 is 0 Å². The van der Waals surface area contributed by atoms with Gasteiger partial charge in [0.2, 0.25) is 5.91 Å². The smallest absolute Gasteiger partial charge is 0.335 e. The Balaban J connectivity index is 1.53. The van der Waals surface area contributed by atoms with Crippen molar-refractivity contribution in [1.29, 1.82) is 0 Å². The number of rotatable bonds is 9. The number of hydrogen-bond acceptors (Lipinski definition) is 3. The average Bonchev–Trinajstić information content (AvgIpc) is 2.61. The number of ether oxygens (including phenoxy) is 1. The topological polar surface area (TPSA) is 75.6 Å². The van der Waals surface area contributed by atoms with Crippen LogP contribution in [0.1, 0.15) is 60.9 Å². The summed E-state index contributed by atoms with van der Waals surface area (Å²) in [6.45, 7) is 1.35. The maximum absolute atomic E-state index is 11.8. The van der Waals surface area contributed by atoms with Crippen LogP contribution in [0.2, 0.25) is 0 Å². The molecule has 0 aliphatic heterocycles. The Morgan fingerprint density at radius 3 is 2.50 bits per heavy atom. The van der Waals surface area contributed by atoms with E-state index in [1.165, 1.54) is 32.1 Å². The Bertz CT molecular complexity index is 521. The molecular formula is C19H27NO4. The molecule has 0 atom stereocenters. The molecule has 2 N–H and O–H groups in total. The van der Waals surface area contributed by atoms with Crippen molar-refractivity contribution in [2.45, 2.75) is 57.5 Å². The number of aryl methyl sites for hydroxylation is 1. The van der Waals surface area contributed by atoms with Gasteiger partial charge in [0.25, 0.3) is 0 Å². The van der Waals surface area contributed by atoms with Gasteiger partial charge in [-0.3, -0.25) is 4.79 Å². The van der Waals surface area contributed by atoms with Crippen LogP contribution in [-0.2, 0) is 16.0 Å². The SMILES string of the molecule is O=C(CCc1ccc(C(=O)O)cc1)NCCCOC1CCCCC1. The Hall–Kier alpha value is -1.88. The second kappa shape index (κ2) is 10.1. The van der Waals surface area contributed by atoms with Crippen molar-refractivity contribution in [3.63, 3.8) is 0 Å². The number of carboxylic acids is 1. The van der Waals surface area contributed by atoms with Gasteiger partial charge in [0.15, 0.2) is 0 Å². The summed E-state index contributed by atoms with van der Waals surface area (Å²) in [6, 6.07) is 6.65. The highest BCUT2D eigenvalue weighted by atomic mass is 16.5. The number of amides is 1. The molecule has 5 nitrogen and oxygen atoms in total. The summed E-state index contributed by atoms with van der Waals surface area (Å²) in [5.41, 5.74) is 1.23. The van der Waals surface area contributed by atoms with Crippen molar-refractivity contribution in [2.75, 3.05) is 13.2 Å². The van der Waals surface area contributed by atoms with E-state index in [0.29, 0.717) is 32.1 Å². The fourth-order valence-electron chi connectivity index (χ4n) is 2.94. The van der Waals surface area contributed by atoms with Gasteiger partial charge in [0, 0.05) is 19.6 Å². The molecule has 0 unspecified atom stereocenters. The first-order valence-corrected chi connectivity index (χ1v) is 8.85. The lowest BCUT2D eigenvalue weighted by atomic mass is 9.98. The third-order valence-electron chi connectivity index (χ3n) is 4.39. The van der Waals surface area contributed by atoms with E-state index in [4.69, 9.17) is 9.84 Å². The molecule has 0 radical (unpaired) electrons. The molecule has 1 aromatic rings. The Morgan fingerprint density at radius 2 is 1.83 bits per heavy atom. The molecule has 1 aliphatic rings. The van der Waals surface area contributed by atoms with Gasteiger partial charge >= 0.3 is 5.97 Å². The van der Waals surface area contributed by atoms with E-state index in [0.717, 1.165) is 12.0 Å².